The van der Waals surface area contributed by atoms with Crippen molar-refractivity contribution < 1.29 is 4.74 Å². The molecule has 108 valence electrons. The summed E-state index contributed by atoms with van der Waals surface area (Å²) < 4.78 is 6.15. The van der Waals surface area contributed by atoms with Crippen LogP contribution in [-0.4, -0.2) is 13.3 Å². The Hall–Kier alpha value is -1.28. The fourth-order valence-corrected chi connectivity index (χ4v) is 5.35. The molecule has 1 atom stereocenters. The van der Waals surface area contributed by atoms with Crippen LogP contribution in [0.1, 0.15) is 32.8 Å². The molecule has 0 bridgehead atoms. The van der Waals surface area contributed by atoms with Crippen LogP contribution in [0.15, 0.2) is 48.7 Å². The van der Waals surface area contributed by atoms with E-state index >= 15 is 0 Å². The van der Waals surface area contributed by atoms with Gasteiger partial charge in [-0.15, -0.1) is 0 Å². The summed E-state index contributed by atoms with van der Waals surface area (Å²) in [7, 11) is -1.65. The summed E-state index contributed by atoms with van der Waals surface area (Å²) in [5, 5.41) is 0.168. The predicted octanol–water partition coefficient (Wildman–Crippen LogP) is 5.42. The number of hydrogen-bond donors (Lipinski definition) is 0. The van der Waals surface area contributed by atoms with E-state index in [1.807, 2.05) is 6.26 Å². The minimum atomic E-state index is -1.65. The molecule has 0 spiro atoms. The number of ether oxygens (including phenoxy) is 1. The molecule has 1 aromatic rings. The molecule has 0 N–H and O–H groups in total. The van der Waals surface area contributed by atoms with Gasteiger partial charge >= 0.3 is 0 Å². The number of hydrogen-bond acceptors (Lipinski definition) is 1. The van der Waals surface area contributed by atoms with Crippen molar-refractivity contribution >= 4 is 14.1 Å². The third-order valence-corrected chi connectivity index (χ3v) is 11.4. The van der Waals surface area contributed by atoms with Gasteiger partial charge < -0.3 is 4.74 Å². The first-order chi connectivity index (χ1) is 9.29. The van der Waals surface area contributed by atoms with Crippen LogP contribution in [0.2, 0.25) is 18.1 Å². The minimum Gasteiger partial charge on any atom is -0.495 e. The molecule has 1 aliphatic rings. The molecule has 0 radical (unpaired) electrons. The summed E-state index contributed by atoms with van der Waals surface area (Å²) in [6.07, 6.45) is 9.56. The maximum atomic E-state index is 6.15. The van der Waals surface area contributed by atoms with Crippen molar-refractivity contribution in [2.45, 2.75) is 50.5 Å². The zero-order valence-electron chi connectivity index (χ0n) is 13.3. The van der Waals surface area contributed by atoms with Gasteiger partial charge in [0.1, 0.15) is 13.3 Å². The van der Waals surface area contributed by atoms with E-state index in [1.54, 1.807) is 0 Å². The molecule has 0 aromatic heterocycles. The Balaban J connectivity index is 2.34. The topological polar surface area (TPSA) is 9.23 Å². The lowest BCUT2D eigenvalue weighted by atomic mass is 10.1. The highest BCUT2D eigenvalue weighted by atomic mass is 28.3. The fourth-order valence-electron chi connectivity index (χ4n) is 2.59. The Morgan fingerprint density at radius 3 is 2.30 bits per heavy atom. The van der Waals surface area contributed by atoms with Crippen molar-refractivity contribution in [3.63, 3.8) is 0 Å². The molecule has 2 heteroatoms. The first-order valence-electron chi connectivity index (χ1n) is 7.36. The Morgan fingerprint density at radius 1 is 1.15 bits per heavy atom. The lowest BCUT2D eigenvalue weighted by Gasteiger charge is -2.48. The van der Waals surface area contributed by atoms with Gasteiger partial charge in [-0.25, -0.2) is 0 Å². The smallest absolute Gasteiger partial charge is 0.117 e. The molecule has 0 aliphatic carbocycles. The monoisotopic (exact) mass is 286 g/mol. The van der Waals surface area contributed by atoms with Gasteiger partial charge in [-0.05, 0) is 22.8 Å². The van der Waals surface area contributed by atoms with Crippen molar-refractivity contribution in [1.29, 1.82) is 0 Å². The van der Waals surface area contributed by atoms with Crippen molar-refractivity contribution in [2.75, 3.05) is 0 Å². The van der Waals surface area contributed by atoms with Crippen LogP contribution < -0.4 is 0 Å². The molecule has 1 unspecified atom stereocenters. The zero-order chi connectivity index (χ0) is 14.9. The fraction of sp³-hybridized carbons (Fsp3) is 0.444. The van der Waals surface area contributed by atoms with Gasteiger partial charge in [-0.3, -0.25) is 0 Å². The summed E-state index contributed by atoms with van der Waals surface area (Å²) >= 11 is 0. The van der Waals surface area contributed by atoms with Crippen molar-refractivity contribution in [1.82, 2.24) is 0 Å². The van der Waals surface area contributed by atoms with Gasteiger partial charge in [0.15, 0.2) is 0 Å². The van der Waals surface area contributed by atoms with E-state index in [0.29, 0.717) is 5.04 Å². The number of benzene rings is 1. The quantitative estimate of drug-likeness (QED) is 0.674. The van der Waals surface area contributed by atoms with Gasteiger partial charge in [0.05, 0.1) is 6.26 Å². The normalized spacial score (nSPS) is 23.2. The third kappa shape index (κ3) is 2.62. The highest BCUT2D eigenvalue weighted by Crippen LogP contribution is 2.48. The SMILES string of the molecule is CC(C)(C)[Si](C)(C)C1(/C=C/c2ccccc2)CC=CO1. The second-order valence-corrected chi connectivity index (χ2v) is 12.8. The summed E-state index contributed by atoms with van der Waals surface area (Å²) in [6.45, 7) is 11.9. The second kappa shape index (κ2) is 5.25. The Labute approximate surface area is 124 Å². The molecule has 20 heavy (non-hydrogen) atoms. The lowest BCUT2D eigenvalue weighted by molar-refractivity contribution is 0.157. The maximum Gasteiger partial charge on any atom is 0.117 e. The van der Waals surface area contributed by atoms with E-state index in [-0.39, 0.29) is 5.22 Å². The van der Waals surface area contributed by atoms with Gasteiger partial charge in [-0.1, -0.05) is 70.3 Å². The average Bonchev–Trinajstić information content (AvgIpc) is 2.87. The molecule has 0 fully saturated rings. The average molecular weight is 286 g/mol. The van der Waals surface area contributed by atoms with Crippen LogP contribution >= 0.6 is 0 Å². The standard InChI is InChI=1S/C18H26OSi/c1-17(2,3)20(4,5)18(13-9-15-19-18)14-12-16-10-7-6-8-11-16/h6-12,14-15H,13H2,1-5H3/b14-12+. The van der Waals surface area contributed by atoms with E-state index in [1.165, 1.54) is 5.56 Å². The van der Waals surface area contributed by atoms with Crippen molar-refractivity contribution in [3.05, 3.63) is 54.3 Å². The summed E-state index contributed by atoms with van der Waals surface area (Å²) in [5.74, 6) is 0. The summed E-state index contributed by atoms with van der Waals surface area (Å²) in [4.78, 5) is 0. The van der Waals surface area contributed by atoms with Crippen LogP contribution in [0.3, 0.4) is 0 Å². The summed E-state index contributed by atoms with van der Waals surface area (Å²) in [6, 6.07) is 10.5. The minimum absolute atomic E-state index is 0.124. The summed E-state index contributed by atoms with van der Waals surface area (Å²) in [5.41, 5.74) is 1.24. The zero-order valence-corrected chi connectivity index (χ0v) is 14.3. The Kier molecular flexibility index (Phi) is 3.97. The van der Waals surface area contributed by atoms with E-state index in [0.717, 1.165) is 6.42 Å². The molecule has 1 nitrogen and oxygen atoms in total. The first kappa shape index (κ1) is 15.1. The van der Waals surface area contributed by atoms with Gasteiger partial charge in [0.25, 0.3) is 0 Å². The van der Waals surface area contributed by atoms with Gasteiger partial charge in [-0.2, -0.15) is 0 Å². The number of rotatable bonds is 3. The second-order valence-electron chi connectivity index (χ2n) is 7.20. The molecule has 1 aliphatic heterocycles. The molecule has 0 saturated heterocycles. The van der Waals surface area contributed by atoms with E-state index in [2.05, 4.69) is 82.4 Å². The molecular weight excluding hydrogens is 260 g/mol. The molecule has 1 aromatic carbocycles. The molecular formula is C18H26OSi. The van der Waals surface area contributed by atoms with Crippen LogP contribution in [0.25, 0.3) is 6.08 Å². The van der Waals surface area contributed by atoms with E-state index in [4.69, 9.17) is 4.74 Å². The van der Waals surface area contributed by atoms with Crippen molar-refractivity contribution in [3.8, 4) is 0 Å². The largest absolute Gasteiger partial charge is 0.495 e. The Morgan fingerprint density at radius 2 is 1.80 bits per heavy atom. The lowest BCUT2D eigenvalue weighted by Crippen LogP contribution is -2.58. The van der Waals surface area contributed by atoms with Crippen LogP contribution in [0.5, 0.6) is 0 Å². The van der Waals surface area contributed by atoms with Crippen LogP contribution in [0, 0.1) is 0 Å². The predicted molar refractivity (Wildman–Crippen MR) is 90.2 cm³/mol. The van der Waals surface area contributed by atoms with Crippen molar-refractivity contribution in [2.24, 2.45) is 0 Å². The molecule has 1 heterocycles. The Bertz CT molecular complexity index is 498. The van der Waals surface area contributed by atoms with Crippen LogP contribution in [-0.2, 0) is 4.74 Å². The molecule has 2 rings (SSSR count). The highest BCUT2D eigenvalue weighted by molar-refractivity contribution is 6.83. The van der Waals surface area contributed by atoms with E-state index < -0.39 is 8.07 Å². The first-order valence-corrected chi connectivity index (χ1v) is 10.4. The molecule has 0 amide bonds. The van der Waals surface area contributed by atoms with E-state index in [9.17, 15) is 0 Å². The van der Waals surface area contributed by atoms with Gasteiger partial charge in [0, 0.05) is 6.42 Å². The maximum absolute atomic E-state index is 6.15. The third-order valence-electron chi connectivity index (χ3n) is 5.07. The highest BCUT2D eigenvalue weighted by Gasteiger charge is 2.54. The molecule has 0 saturated carbocycles. The van der Waals surface area contributed by atoms with Crippen LogP contribution in [0.4, 0.5) is 0 Å². The van der Waals surface area contributed by atoms with Gasteiger partial charge in [0.2, 0.25) is 0 Å².